The van der Waals surface area contributed by atoms with Gasteiger partial charge in [0.25, 0.3) is 0 Å². The van der Waals surface area contributed by atoms with Crippen molar-refractivity contribution < 1.29 is 4.79 Å². The van der Waals surface area contributed by atoms with E-state index in [9.17, 15) is 4.79 Å². The number of amides is 1. The van der Waals surface area contributed by atoms with E-state index in [0.717, 1.165) is 43.7 Å². The number of hydrogen-bond donors (Lipinski definition) is 1. The topological polar surface area (TPSA) is 61.9 Å². The summed E-state index contributed by atoms with van der Waals surface area (Å²) in [7, 11) is 0. The quantitative estimate of drug-likeness (QED) is 0.689. The standard InChI is InChI=1S/C18H26N4O/c19-18(21-11-3-1-4-12-21)20-14-15-7-9-16(10-8-15)22-13-5-2-6-17(22)23/h7-10H,1-6,11-14H2,(H2,19,20). The molecule has 2 aliphatic rings. The minimum atomic E-state index is 0.233. The molecule has 1 aromatic carbocycles. The molecule has 3 rings (SSSR count). The Kier molecular flexibility index (Phi) is 5.16. The first-order chi connectivity index (χ1) is 11.2. The number of aliphatic imine (C=N–C) groups is 1. The van der Waals surface area contributed by atoms with Gasteiger partial charge in [0.2, 0.25) is 5.91 Å². The van der Waals surface area contributed by atoms with Crippen LogP contribution in [0, 0.1) is 0 Å². The number of rotatable bonds is 3. The molecular weight excluding hydrogens is 288 g/mol. The summed E-state index contributed by atoms with van der Waals surface area (Å²) in [5, 5.41) is 0. The number of piperidine rings is 2. The summed E-state index contributed by atoms with van der Waals surface area (Å²) in [5.41, 5.74) is 8.20. The van der Waals surface area contributed by atoms with Crippen LogP contribution in [0.15, 0.2) is 29.3 Å². The Balaban J connectivity index is 1.59. The first kappa shape index (κ1) is 15.8. The molecule has 5 heteroatoms. The largest absolute Gasteiger partial charge is 0.370 e. The van der Waals surface area contributed by atoms with E-state index in [1.54, 1.807) is 0 Å². The van der Waals surface area contributed by atoms with Gasteiger partial charge in [0.05, 0.1) is 6.54 Å². The SMILES string of the molecule is NC(=NCc1ccc(N2CCCCC2=O)cc1)N1CCCCC1. The van der Waals surface area contributed by atoms with Gasteiger partial charge in [-0.2, -0.15) is 0 Å². The van der Waals surface area contributed by atoms with Crippen molar-refractivity contribution in [3.8, 4) is 0 Å². The first-order valence-electron chi connectivity index (χ1n) is 8.68. The summed E-state index contributed by atoms with van der Waals surface area (Å²) in [6.45, 7) is 3.46. The van der Waals surface area contributed by atoms with Crippen LogP contribution < -0.4 is 10.6 Å². The highest BCUT2D eigenvalue weighted by molar-refractivity contribution is 5.93. The van der Waals surface area contributed by atoms with Gasteiger partial charge in [-0.15, -0.1) is 0 Å². The second kappa shape index (κ2) is 7.49. The molecule has 0 atom stereocenters. The molecular formula is C18H26N4O. The van der Waals surface area contributed by atoms with E-state index in [1.807, 2.05) is 29.2 Å². The number of likely N-dealkylation sites (tertiary alicyclic amines) is 1. The number of benzene rings is 1. The summed E-state index contributed by atoms with van der Waals surface area (Å²) in [5.74, 6) is 0.886. The van der Waals surface area contributed by atoms with Gasteiger partial charge >= 0.3 is 0 Å². The van der Waals surface area contributed by atoms with E-state index in [0.29, 0.717) is 18.9 Å². The second-order valence-electron chi connectivity index (χ2n) is 6.39. The molecule has 1 aromatic rings. The number of carbonyl (C=O) groups is 1. The van der Waals surface area contributed by atoms with Crippen molar-refractivity contribution in [2.75, 3.05) is 24.5 Å². The lowest BCUT2D eigenvalue weighted by Gasteiger charge is -2.27. The van der Waals surface area contributed by atoms with Crippen LogP contribution in [0.3, 0.4) is 0 Å². The number of guanidine groups is 1. The van der Waals surface area contributed by atoms with Crippen molar-refractivity contribution in [2.24, 2.45) is 10.7 Å². The Hall–Kier alpha value is -2.04. The highest BCUT2D eigenvalue weighted by Gasteiger charge is 2.19. The number of hydrogen-bond acceptors (Lipinski definition) is 2. The van der Waals surface area contributed by atoms with Crippen molar-refractivity contribution in [1.29, 1.82) is 0 Å². The third-order valence-corrected chi connectivity index (χ3v) is 4.68. The number of anilines is 1. The van der Waals surface area contributed by atoms with Crippen LogP contribution in [0.2, 0.25) is 0 Å². The lowest BCUT2D eigenvalue weighted by molar-refractivity contribution is -0.119. The predicted octanol–water partition coefficient (Wildman–Crippen LogP) is 2.50. The van der Waals surface area contributed by atoms with E-state index in [4.69, 9.17) is 5.73 Å². The average molecular weight is 314 g/mol. The molecule has 0 radical (unpaired) electrons. The molecule has 2 saturated heterocycles. The van der Waals surface area contributed by atoms with E-state index in [2.05, 4.69) is 9.89 Å². The highest BCUT2D eigenvalue weighted by Crippen LogP contribution is 2.21. The molecule has 2 heterocycles. The molecule has 2 aliphatic heterocycles. The van der Waals surface area contributed by atoms with Gasteiger partial charge in [-0.3, -0.25) is 4.79 Å². The van der Waals surface area contributed by atoms with Crippen LogP contribution in [0.25, 0.3) is 0 Å². The van der Waals surface area contributed by atoms with E-state index < -0.39 is 0 Å². The molecule has 5 nitrogen and oxygen atoms in total. The Morgan fingerprint density at radius 2 is 1.70 bits per heavy atom. The fourth-order valence-corrected chi connectivity index (χ4v) is 3.26. The second-order valence-corrected chi connectivity index (χ2v) is 6.39. The molecule has 1 amide bonds. The fraction of sp³-hybridized carbons (Fsp3) is 0.556. The first-order valence-corrected chi connectivity index (χ1v) is 8.68. The molecule has 0 aliphatic carbocycles. The van der Waals surface area contributed by atoms with Crippen LogP contribution in [0.5, 0.6) is 0 Å². The zero-order valence-corrected chi connectivity index (χ0v) is 13.7. The molecule has 0 spiro atoms. The average Bonchev–Trinajstić information content (AvgIpc) is 2.61. The monoisotopic (exact) mass is 314 g/mol. The van der Waals surface area contributed by atoms with Crippen LogP contribution in [0.1, 0.15) is 44.1 Å². The minimum absolute atomic E-state index is 0.233. The molecule has 2 fully saturated rings. The lowest BCUT2D eigenvalue weighted by atomic mass is 10.1. The highest BCUT2D eigenvalue weighted by atomic mass is 16.2. The van der Waals surface area contributed by atoms with Crippen LogP contribution in [-0.2, 0) is 11.3 Å². The molecule has 124 valence electrons. The van der Waals surface area contributed by atoms with Gasteiger partial charge in [0.1, 0.15) is 0 Å². The van der Waals surface area contributed by atoms with Gasteiger partial charge in [0, 0.05) is 31.7 Å². The predicted molar refractivity (Wildman–Crippen MR) is 93.4 cm³/mol. The third-order valence-electron chi connectivity index (χ3n) is 4.68. The van der Waals surface area contributed by atoms with E-state index >= 15 is 0 Å². The van der Waals surface area contributed by atoms with Crippen molar-refractivity contribution in [3.05, 3.63) is 29.8 Å². The van der Waals surface area contributed by atoms with Crippen molar-refractivity contribution in [2.45, 2.75) is 45.1 Å². The number of nitrogens with two attached hydrogens (primary N) is 1. The van der Waals surface area contributed by atoms with Gasteiger partial charge in [-0.1, -0.05) is 12.1 Å². The molecule has 0 bridgehead atoms. The summed E-state index contributed by atoms with van der Waals surface area (Å²) >= 11 is 0. The van der Waals surface area contributed by atoms with Crippen molar-refractivity contribution in [1.82, 2.24) is 4.90 Å². The van der Waals surface area contributed by atoms with E-state index in [1.165, 1.54) is 19.3 Å². The van der Waals surface area contributed by atoms with Crippen molar-refractivity contribution in [3.63, 3.8) is 0 Å². The van der Waals surface area contributed by atoms with E-state index in [-0.39, 0.29) is 5.91 Å². The van der Waals surface area contributed by atoms with Gasteiger partial charge in [0.15, 0.2) is 5.96 Å². The lowest BCUT2D eigenvalue weighted by Crippen LogP contribution is -2.40. The maximum Gasteiger partial charge on any atom is 0.226 e. The maximum absolute atomic E-state index is 12.0. The minimum Gasteiger partial charge on any atom is -0.370 e. The Morgan fingerprint density at radius 1 is 1.00 bits per heavy atom. The number of nitrogens with zero attached hydrogens (tertiary/aromatic N) is 3. The van der Waals surface area contributed by atoms with Crippen LogP contribution in [0.4, 0.5) is 5.69 Å². The summed E-state index contributed by atoms with van der Waals surface area (Å²) in [4.78, 5) is 20.5. The maximum atomic E-state index is 12.0. The van der Waals surface area contributed by atoms with Gasteiger partial charge in [-0.25, -0.2) is 4.99 Å². The zero-order valence-electron chi connectivity index (χ0n) is 13.7. The van der Waals surface area contributed by atoms with Crippen LogP contribution in [-0.4, -0.2) is 36.4 Å². The molecule has 23 heavy (non-hydrogen) atoms. The zero-order chi connectivity index (χ0) is 16.1. The third kappa shape index (κ3) is 4.03. The fourth-order valence-electron chi connectivity index (χ4n) is 3.26. The summed E-state index contributed by atoms with van der Waals surface area (Å²) in [6, 6.07) is 8.13. The summed E-state index contributed by atoms with van der Waals surface area (Å²) < 4.78 is 0. The summed E-state index contributed by atoms with van der Waals surface area (Å²) in [6.07, 6.45) is 6.46. The molecule has 2 N–H and O–H groups in total. The molecule has 0 saturated carbocycles. The normalized spacial score (nSPS) is 20.0. The van der Waals surface area contributed by atoms with Crippen molar-refractivity contribution >= 4 is 17.6 Å². The van der Waals surface area contributed by atoms with Gasteiger partial charge < -0.3 is 15.5 Å². The number of carbonyl (C=O) groups excluding carboxylic acids is 1. The smallest absolute Gasteiger partial charge is 0.226 e. The van der Waals surface area contributed by atoms with Gasteiger partial charge in [-0.05, 0) is 49.8 Å². The van der Waals surface area contributed by atoms with Crippen LogP contribution >= 0.6 is 0 Å². The molecule has 0 aromatic heterocycles. The Bertz CT molecular complexity index is 561. The Morgan fingerprint density at radius 3 is 2.39 bits per heavy atom. The molecule has 0 unspecified atom stereocenters. The Labute approximate surface area is 138 Å².